The van der Waals surface area contributed by atoms with Crippen molar-refractivity contribution in [3.63, 3.8) is 0 Å². The molecule has 28 heavy (non-hydrogen) atoms. The van der Waals surface area contributed by atoms with Gasteiger partial charge in [-0.2, -0.15) is 17.0 Å². The molecule has 4 rings (SSSR count). The standard InChI is InChI=1S/C21H26N2O4S/c1-26-19-14-17-10-13-23(28(24,25)22-11-6-7-12-22)21(16-8-4-3-5-9-16)18(17)15-20(19)27-2/h3-5,8-9,14-15,21H,6-7,10-13H2,1-2H3/t21-/m0/s1. The number of hydrogen-bond acceptors (Lipinski definition) is 4. The number of benzene rings is 2. The summed E-state index contributed by atoms with van der Waals surface area (Å²) in [4.78, 5) is 0. The fraction of sp³-hybridized carbons (Fsp3) is 0.429. The van der Waals surface area contributed by atoms with Crippen molar-refractivity contribution >= 4 is 10.2 Å². The van der Waals surface area contributed by atoms with Crippen LogP contribution in [-0.2, 0) is 16.6 Å². The Kier molecular flexibility index (Phi) is 5.31. The van der Waals surface area contributed by atoms with Crippen LogP contribution in [0.2, 0.25) is 0 Å². The highest BCUT2D eigenvalue weighted by Gasteiger charge is 2.41. The molecule has 150 valence electrons. The predicted molar refractivity (Wildman–Crippen MR) is 108 cm³/mol. The van der Waals surface area contributed by atoms with E-state index in [9.17, 15) is 8.42 Å². The molecule has 6 nitrogen and oxygen atoms in total. The highest BCUT2D eigenvalue weighted by atomic mass is 32.2. The second-order valence-electron chi connectivity index (χ2n) is 7.19. The molecule has 1 fully saturated rings. The largest absolute Gasteiger partial charge is 0.493 e. The lowest BCUT2D eigenvalue weighted by molar-refractivity contribution is 0.306. The fourth-order valence-electron chi connectivity index (χ4n) is 4.22. The molecule has 0 amide bonds. The van der Waals surface area contributed by atoms with Crippen molar-refractivity contribution in [1.82, 2.24) is 8.61 Å². The van der Waals surface area contributed by atoms with Gasteiger partial charge < -0.3 is 9.47 Å². The van der Waals surface area contributed by atoms with Crippen molar-refractivity contribution in [2.75, 3.05) is 33.9 Å². The van der Waals surface area contributed by atoms with Gasteiger partial charge in [-0.1, -0.05) is 30.3 Å². The van der Waals surface area contributed by atoms with Crippen LogP contribution in [0.4, 0.5) is 0 Å². The van der Waals surface area contributed by atoms with Gasteiger partial charge in [-0.05, 0) is 48.1 Å². The summed E-state index contributed by atoms with van der Waals surface area (Å²) in [5.41, 5.74) is 3.01. The van der Waals surface area contributed by atoms with Gasteiger partial charge in [0.1, 0.15) is 0 Å². The molecule has 0 saturated carbocycles. The first-order chi connectivity index (χ1) is 13.6. The van der Waals surface area contributed by atoms with Crippen LogP contribution in [0, 0.1) is 0 Å². The molecule has 1 atom stereocenters. The number of rotatable bonds is 5. The molecule has 2 aliphatic rings. The molecule has 2 aromatic carbocycles. The Morgan fingerprint density at radius 2 is 1.57 bits per heavy atom. The predicted octanol–water partition coefficient (Wildman–Crippen LogP) is 2.99. The maximum Gasteiger partial charge on any atom is 0.282 e. The highest BCUT2D eigenvalue weighted by molar-refractivity contribution is 7.86. The van der Waals surface area contributed by atoms with Gasteiger partial charge in [0.05, 0.1) is 20.3 Å². The van der Waals surface area contributed by atoms with Gasteiger partial charge in [-0.25, -0.2) is 0 Å². The second kappa shape index (κ2) is 7.73. The maximum absolute atomic E-state index is 13.5. The molecule has 0 unspecified atom stereocenters. The second-order valence-corrected chi connectivity index (χ2v) is 9.07. The number of ether oxygens (including phenoxy) is 2. The zero-order valence-electron chi connectivity index (χ0n) is 16.3. The summed E-state index contributed by atoms with van der Waals surface area (Å²) >= 11 is 0. The van der Waals surface area contributed by atoms with Crippen LogP contribution in [0.15, 0.2) is 42.5 Å². The smallest absolute Gasteiger partial charge is 0.282 e. The van der Waals surface area contributed by atoms with E-state index in [-0.39, 0.29) is 6.04 Å². The van der Waals surface area contributed by atoms with E-state index in [0.717, 1.165) is 29.5 Å². The molecular formula is C21H26N2O4S. The van der Waals surface area contributed by atoms with Crippen LogP contribution in [0.3, 0.4) is 0 Å². The van der Waals surface area contributed by atoms with Crippen molar-refractivity contribution in [2.24, 2.45) is 0 Å². The van der Waals surface area contributed by atoms with E-state index in [1.807, 2.05) is 42.5 Å². The van der Waals surface area contributed by atoms with Crippen molar-refractivity contribution in [1.29, 1.82) is 0 Å². The Morgan fingerprint density at radius 1 is 0.929 bits per heavy atom. The zero-order chi connectivity index (χ0) is 19.7. The van der Waals surface area contributed by atoms with Gasteiger partial charge in [-0.3, -0.25) is 0 Å². The van der Waals surface area contributed by atoms with E-state index in [4.69, 9.17) is 9.47 Å². The number of hydrogen-bond donors (Lipinski definition) is 0. The Bertz CT molecular complexity index is 940. The molecule has 0 aromatic heterocycles. The summed E-state index contributed by atoms with van der Waals surface area (Å²) in [6, 6.07) is 13.3. The third kappa shape index (κ3) is 3.27. The molecule has 0 spiro atoms. The van der Waals surface area contributed by atoms with Crippen LogP contribution >= 0.6 is 0 Å². The average Bonchev–Trinajstić information content (AvgIpc) is 3.28. The third-order valence-electron chi connectivity index (χ3n) is 5.63. The lowest BCUT2D eigenvalue weighted by Crippen LogP contribution is -2.47. The van der Waals surface area contributed by atoms with Crippen LogP contribution in [0.5, 0.6) is 11.5 Å². The molecule has 2 aromatic rings. The van der Waals surface area contributed by atoms with Gasteiger partial charge in [-0.15, -0.1) is 0 Å². The zero-order valence-corrected chi connectivity index (χ0v) is 17.1. The maximum atomic E-state index is 13.5. The number of fused-ring (bicyclic) bond motifs is 1. The van der Waals surface area contributed by atoms with Gasteiger partial charge in [0, 0.05) is 19.6 Å². The van der Waals surface area contributed by atoms with E-state index in [1.54, 1.807) is 22.8 Å². The van der Waals surface area contributed by atoms with Gasteiger partial charge >= 0.3 is 0 Å². The van der Waals surface area contributed by atoms with Crippen LogP contribution in [-0.4, -0.2) is 50.9 Å². The quantitative estimate of drug-likeness (QED) is 0.772. The van der Waals surface area contributed by atoms with E-state index in [1.165, 1.54) is 0 Å². The average molecular weight is 403 g/mol. The molecule has 0 N–H and O–H groups in total. The lowest BCUT2D eigenvalue weighted by atomic mass is 9.89. The summed E-state index contributed by atoms with van der Waals surface area (Å²) in [7, 11) is -0.325. The van der Waals surface area contributed by atoms with E-state index < -0.39 is 10.2 Å². The van der Waals surface area contributed by atoms with Crippen LogP contribution in [0.1, 0.15) is 35.6 Å². The van der Waals surface area contributed by atoms with E-state index >= 15 is 0 Å². The lowest BCUT2D eigenvalue weighted by Gasteiger charge is -2.39. The molecule has 7 heteroatoms. The Hall–Kier alpha value is -2.09. The summed E-state index contributed by atoms with van der Waals surface area (Å²) in [6.45, 7) is 1.64. The normalized spacial score (nSPS) is 20.7. The Balaban J connectivity index is 1.85. The highest BCUT2D eigenvalue weighted by Crippen LogP contribution is 2.42. The van der Waals surface area contributed by atoms with Crippen molar-refractivity contribution in [3.05, 3.63) is 59.2 Å². The molecule has 1 saturated heterocycles. The number of methoxy groups -OCH3 is 2. The SMILES string of the molecule is COc1cc2c(cc1OC)[C@H](c1ccccc1)N(S(=O)(=O)N1CCCC1)CC2. The third-order valence-corrected chi connectivity index (χ3v) is 7.64. The minimum Gasteiger partial charge on any atom is -0.493 e. The molecule has 2 aliphatic heterocycles. The van der Waals surface area contributed by atoms with Gasteiger partial charge in [0.25, 0.3) is 10.2 Å². The van der Waals surface area contributed by atoms with E-state index in [0.29, 0.717) is 37.6 Å². The first-order valence-electron chi connectivity index (χ1n) is 9.63. The number of nitrogens with zero attached hydrogens (tertiary/aromatic N) is 2. The van der Waals surface area contributed by atoms with Crippen molar-refractivity contribution in [3.8, 4) is 11.5 Å². The minimum atomic E-state index is -3.54. The van der Waals surface area contributed by atoms with E-state index in [2.05, 4.69) is 0 Å². The summed E-state index contributed by atoms with van der Waals surface area (Å²) < 4.78 is 41.1. The van der Waals surface area contributed by atoms with Gasteiger partial charge in [0.2, 0.25) is 0 Å². The molecule has 0 bridgehead atoms. The molecule has 0 radical (unpaired) electrons. The summed E-state index contributed by atoms with van der Waals surface area (Å²) in [5.74, 6) is 1.28. The molecule has 0 aliphatic carbocycles. The monoisotopic (exact) mass is 402 g/mol. The van der Waals surface area contributed by atoms with Crippen LogP contribution < -0.4 is 9.47 Å². The summed E-state index contributed by atoms with van der Waals surface area (Å²) in [6.07, 6.45) is 2.49. The summed E-state index contributed by atoms with van der Waals surface area (Å²) in [5, 5.41) is 0. The Morgan fingerprint density at radius 3 is 2.21 bits per heavy atom. The van der Waals surface area contributed by atoms with Crippen LogP contribution in [0.25, 0.3) is 0 Å². The molecular weight excluding hydrogens is 376 g/mol. The van der Waals surface area contributed by atoms with Crippen molar-refractivity contribution < 1.29 is 17.9 Å². The Labute approximate surface area is 166 Å². The minimum absolute atomic E-state index is 0.379. The molecule has 2 heterocycles. The fourth-order valence-corrected chi connectivity index (χ4v) is 6.06. The van der Waals surface area contributed by atoms with Gasteiger partial charge in [0.15, 0.2) is 11.5 Å². The topological polar surface area (TPSA) is 59.1 Å². The first kappa shape index (κ1) is 19.2. The first-order valence-corrected chi connectivity index (χ1v) is 11.0. The van der Waals surface area contributed by atoms with Crippen molar-refractivity contribution in [2.45, 2.75) is 25.3 Å².